The fraction of sp³-hybridized carbons (Fsp3) is 0.409. The maximum Gasteiger partial charge on any atom is 0.191 e. The molecule has 5 nitrogen and oxygen atoms in total. The molecule has 0 aliphatic heterocycles. The van der Waals surface area contributed by atoms with Crippen LogP contribution in [0.1, 0.15) is 17.0 Å². The number of guanidine groups is 1. The summed E-state index contributed by atoms with van der Waals surface area (Å²) >= 11 is 0. The van der Waals surface area contributed by atoms with Gasteiger partial charge in [-0.15, -0.1) is 24.0 Å². The van der Waals surface area contributed by atoms with Gasteiger partial charge in [-0.25, -0.2) is 0 Å². The van der Waals surface area contributed by atoms with Crippen molar-refractivity contribution in [3.63, 3.8) is 0 Å². The van der Waals surface area contributed by atoms with Crippen LogP contribution in [0.25, 0.3) is 0 Å². The van der Waals surface area contributed by atoms with Gasteiger partial charge in [0.2, 0.25) is 0 Å². The molecule has 0 heterocycles. The van der Waals surface area contributed by atoms with Crippen molar-refractivity contribution >= 4 is 29.9 Å². The third kappa shape index (κ3) is 8.16. The standard InChI is InChI=1S/C22H32N4O.HI/c1-23-22(24-15-20(17-27)19-12-8-5-9-13-19)25-16-21(26(2)3)14-18-10-6-4-7-11-18;/h4-13,20-21,27H,14-17H2,1-3H3,(H2,23,24,25);1H. The van der Waals surface area contributed by atoms with Crippen LogP contribution in [-0.2, 0) is 6.42 Å². The van der Waals surface area contributed by atoms with Crippen molar-refractivity contribution in [2.75, 3.05) is 40.8 Å². The lowest BCUT2D eigenvalue weighted by Gasteiger charge is -2.26. The number of nitrogens with zero attached hydrogens (tertiary/aromatic N) is 2. The summed E-state index contributed by atoms with van der Waals surface area (Å²) in [4.78, 5) is 6.55. The van der Waals surface area contributed by atoms with E-state index < -0.39 is 0 Å². The first-order valence-corrected chi connectivity index (χ1v) is 9.44. The van der Waals surface area contributed by atoms with E-state index in [4.69, 9.17) is 0 Å². The molecule has 0 aliphatic carbocycles. The molecule has 0 aliphatic rings. The number of hydrogen-bond donors (Lipinski definition) is 3. The lowest BCUT2D eigenvalue weighted by molar-refractivity contribution is 0.264. The van der Waals surface area contributed by atoms with Crippen LogP contribution in [0, 0.1) is 0 Å². The Morgan fingerprint density at radius 3 is 2.07 bits per heavy atom. The zero-order valence-corrected chi connectivity index (χ0v) is 19.3. The molecule has 0 fully saturated rings. The molecule has 2 aromatic rings. The minimum Gasteiger partial charge on any atom is -0.396 e. The molecule has 2 unspecified atom stereocenters. The molecule has 2 atom stereocenters. The number of halogens is 1. The average molecular weight is 496 g/mol. The zero-order valence-electron chi connectivity index (χ0n) is 17.0. The molecule has 0 saturated heterocycles. The summed E-state index contributed by atoms with van der Waals surface area (Å²) in [5.41, 5.74) is 2.45. The fourth-order valence-electron chi connectivity index (χ4n) is 2.99. The third-order valence-corrected chi connectivity index (χ3v) is 4.78. The van der Waals surface area contributed by atoms with Crippen LogP contribution < -0.4 is 10.6 Å². The van der Waals surface area contributed by atoms with Gasteiger partial charge < -0.3 is 20.6 Å². The van der Waals surface area contributed by atoms with Crippen molar-refractivity contribution in [1.29, 1.82) is 0 Å². The Bertz CT molecular complexity index is 679. The predicted molar refractivity (Wildman–Crippen MR) is 129 cm³/mol. The number of hydrogen-bond acceptors (Lipinski definition) is 3. The Hall–Kier alpha value is -1.64. The SMILES string of the molecule is CN=C(NCC(CO)c1ccccc1)NCC(Cc1ccccc1)N(C)C.I. The van der Waals surface area contributed by atoms with Gasteiger partial charge in [0.1, 0.15) is 0 Å². The van der Waals surface area contributed by atoms with Crippen molar-refractivity contribution in [3.05, 3.63) is 71.8 Å². The highest BCUT2D eigenvalue weighted by Crippen LogP contribution is 2.13. The summed E-state index contributed by atoms with van der Waals surface area (Å²) in [6, 6.07) is 20.9. The van der Waals surface area contributed by atoms with Crippen molar-refractivity contribution in [3.8, 4) is 0 Å². The van der Waals surface area contributed by atoms with E-state index in [-0.39, 0.29) is 36.5 Å². The Labute approximate surface area is 186 Å². The summed E-state index contributed by atoms with van der Waals surface area (Å²) < 4.78 is 0. The summed E-state index contributed by atoms with van der Waals surface area (Å²) in [5.74, 6) is 0.794. The van der Waals surface area contributed by atoms with E-state index in [1.165, 1.54) is 5.56 Å². The molecule has 2 aromatic carbocycles. The van der Waals surface area contributed by atoms with Crippen molar-refractivity contribution in [2.24, 2.45) is 4.99 Å². The number of likely N-dealkylation sites (N-methyl/N-ethyl adjacent to an activating group) is 1. The molecule has 2 rings (SSSR count). The van der Waals surface area contributed by atoms with Gasteiger partial charge >= 0.3 is 0 Å². The van der Waals surface area contributed by atoms with Gasteiger partial charge in [-0.05, 0) is 31.6 Å². The first-order chi connectivity index (χ1) is 13.1. The Morgan fingerprint density at radius 1 is 0.964 bits per heavy atom. The maximum atomic E-state index is 9.71. The van der Waals surface area contributed by atoms with Crippen LogP contribution in [0.3, 0.4) is 0 Å². The quantitative estimate of drug-likeness (QED) is 0.284. The maximum absolute atomic E-state index is 9.71. The highest BCUT2D eigenvalue weighted by molar-refractivity contribution is 14.0. The second-order valence-electron chi connectivity index (χ2n) is 6.93. The van der Waals surface area contributed by atoms with E-state index in [1.54, 1.807) is 7.05 Å². The second-order valence-corrected chi connectivity index (χ2v) is 6.93. The summed E-state index contributed by atoms with van der Waals surface area (Å²) in [6.45, 7) is 1.52. The normalized spacial score (nSPS) is 13.5. The van der Waals surface area contributed by atoms with E-state index in [0.29, 0.717) is 12.6 Å². The number of rotatable bonds is 9. The van der Waals surface area contributed by atoms with Gasteiger partial charge in [-0.3, -0.25) is 4.99 Å². The van der Waals surface area contributed by atoms with Crippen LogP contribution >= 0.6 is 24.0 Å². The first-order valence-electron chi connectivity index (χ1n) is 9.44. The lowest BCUT2D eigenvalue weighted by Crippen LogP contribution is -2.46. The molecular weight excluding hydrogens is 463 g/mol. The van der Waals surface area contributed by atoms with Crippen LogP contribution in [0.2, 0.25) is 0 Å². The molecule has 0 spiro atoms. The van der Waals surface area contributed by atoms with E-state index in [2.05, 4.69) is 58.9 Å². The molecule has 0 radical (unpaired) electrons. The van der Waals surface area contributed by atoms with E-state index in [9.17, 15) is 5.11 Å². The van der Waals surface area contributed by atoms with Gasteiger partial charge in [0.05, 0.1) is 6.61 Å². The van der Waals surface area contributed by atoms with Crippen LogP contribution in [0.4, 0.5) is 0 Å². The number of nitrogens with one attached hydrogen (secondary N) is 2. The van der Waals surface area contributed by atoms with Gasteiger partial charge in [0.15, 0.2) is 5.96 Å². The van der Waals surface area contributed by atoms with Gasteiger partial charge in [0.25, 0.3) is 0 Å². The number of aliphatic hydroxyl groups excluding tert-OH is 1. The average Bonchev–Trinajstić information content (AvgIpc) is 2.71. The largest absolute Gasteiger partial charge is 0.396 e. The highest BCUT2D eigenvalue weighted by atomic mass is 127. The summed E-state index contributed by atoms with van der Waals surface area (Å²) in [5, 5.41) is 16.5. The zero-order chi connectivity index (χ0) is 19.5. The minimum atomic E-state index is 0. The van der Waals surface area contributed by atoms with Crippen LogP contribution in [0.15, 0.2) is 65.7 Å². The van der Waals surface area contributed by atoms with Crippen molar-refractivity contribution < 1.29 is 5.11 Å². The van der Waals surface area contributed by atoms with Crippen molar-refractivity contribution in [2.45, 2.75) is 18.4 Å². The van der Waals surface area contributed by atoms with Crippen LogP contribution in [-0.4, -0.2) is 62.8 Å². The molecular formula is C22H33IN4O. The van der Waals surface area contributed by atoms with Gasteiger partial charge in [-0.2, -0.15) is 0 Å². The first kappa shape index (κ1) is 24.4. The summed E-state index contributed by atoms with van der Waals surface area (Å²) in [7, 11) is 5.97. The van der Waals surface area contributed by atoms with Gasteiger partial charge in [-0.1, -0.05) is 60.7 Å². The Morgan fingerprint density at radius 2 is 1.54 bits per heavy atom. The van der Waals surface area contributed by atoms with Crippen LogP contribution in [0.5, 0.6) is 0 Å². The molecule has 3 N–H and O–H groups in total. The van der Waals surface area contributed by atoms with E-state index in [1.807, 2.05) is 36.4 Å². The third-order valence-electron chi connectivity index (χ3n) is 4.78. The molecule has 28 heavy (non-hydrogen) atoms. The predicted octanol–water partition coefficient (Wildman–Crippen LogP) is 2.72. The molecule has 0 saturated carbocycles. The fourth-order valence-corrected chi connectivity index (χ4v) is 2.99. The molecule has 6 heteroatoms. The number of aliphatic hydroxyl groups is 1. The topological polar surface area (TPSA) is 59.9 Å². The second kappa shape index (κ2) is 13.5. The summed E-state index contributed by atoms with van der Waals surface area (Å²) in [6.07, 6.45) is 0.973. The van der Waals surface area contributed by atoms with Gasteiger partial charge in [0, 0.05) is 32.1 Å². The Balaban J connectivity index is 0.00000392. The van der Waals surface area contributed by atoms with E-state index >= 15 is 0 Å². The minimum absolute atomic E-state index is 0. The number of aliphatic imine (C=N–C) groups is 1. The molecule has 154 valence electrons. The van der Waals surface area contributed by atoms with E-state index in [0.717, 1.165) is 24.5 Å². The lowest BCUT2D eigenvalue weighted by atomic mass is 10.0. The molecule has 0 amide bonds. The monoisotopic (exact) mass is 496 g/mol. The van der Waals surface area contributed by atoms with Crippen molar-refractivity contribution in [1.82, 2.24) is 15.5 Å². The highest BCUT2D eigenvalue weighted by Gasteiger charge is 2.14. The molecule has 0 aromatic heterocycles. The number of benzene rings is 2. The smallest absolute Gasteiger partial charge is 0.191 e. The Kier molecular flexibility index (Phi) is 11.8. The molecule has 0 bridgehead atoms.